The molecule has 0 aliphatic rings. The average Bonchev–Trinajstić information content (AvgIpc) is 2.86. The van der Waals surface area contributed by atoms with Gasteiger partial charge >= 0.3 is 5.97 Å². The maximum atomic E-state index is 11.7. The van der Waals surface area contributed by atoms with E-state index in [-0.39, 0.29) is 5.97 Å². The molecule has 0 radical (unpaired) electrons. The van der Waals surface area contributed by atoms with Crippen LogP contribution >= 0.6 is 0 Å². The number of hydrogen-bond donors (Lipinski definition) is 0. The summed E-state index contributed by atoms with van der Waals surface area (Å²) in [6.45, 7) is 4.93. The van der Waals surface area contributed by atoms with Crippen LogP contribution in [0.5, 0.6) is 0 Å². The summed E-state index contributed by atoms with van der Waals surface area (Å²) in [5, 5.41) is 0. The lowest BCUT2D eigenvalue weighted by Gasteiger charge is -2.04. The minimum Gasteiger partial charge on any atom is -0.461 e. The molecule has 0 aromatic heterocycles. The highest BCUT2D eigenvalue weighted by molar-refractivity contribution is 5.69. The molecule has 0 fully saturated rings. The molecule has 0 aromatic rings. The Balaban J connectivity index is 3.12. The van der Waals surface area contributed by atoms with Gasteiger partial charge in [0.05, 0.1) is 0 Å². The second kappa shape index (κ2) is 31.2. The highest BCUT2D eigenvalue weighted by Crippen LogP contribution is 2.15. The van der Waals surface area contributed by atoms with Crippen LogP contribution in [0, 0.1) is 0 Å². The topological polar surface area (TPSA) is 26.3 Å². The van der Waals surface area contributed by atoms with Gasteiger partial charge in [-0.25, -0.2) is 0 Å². The summed E-state index contributed by atoms with van der Waals surface area (Å²) in [5.41, 5.74) is 0. The normalized spacial score (nSPS) is 11.5. The number of hydrogen-bond acceptors (Lipinski definition) is 2. The van der Waals surface area contributed by atoms with Gasteiger partial charge in [0.1, 0.15) is 6.61 Å². The molecule has 0 aliphatic carbocycles. The first kappa shape index (κ1) is 34.2. The lowest BCUT2D eigenvalue weighted by molar-refractivity contribution is -0.142. The van der Waals surface area contributed by atoms with E-state index in [9.17, 15) is 4.79 Å². The van der Waals surface area contributed by atoms with Gasteiger partial charge in [0.25, 0.3) is 0 Å². The smallest absolute Gasteiger partial charge is 0.306 e. The van der Waals surface area contributed by atoms with Crippen molar-refractivity contribution in [3.63, 3.8) is 0 Å². The van der Waals surface area contributed by atoms with E-state index >= 15 is 0 Å². The zero-order valence-electron chi connectivity index (χ0n) is 24.3. The minimum absolute atomic E-state index is 0.0337. The summed E-state index contributed by atoms with van der Waals surface area (Å²) in [6, 6.07) is 0. The number of rotatable bonds is 29. The van der Waals surface area contributed by atoms with Gasteiger partial charge in [-0.3, -0.25) is 4.79 Å². The van der Waals surface area contributed by atoms with E-state index in [1.807, 2.05) is 6.08 Å². The molecule has 2 nitrogen and oxygen atoms in total. The quantitative estimate of drug-likeness (QED) is 0.0589. The first-order valence-corrected chi connectivity index (χ1v) is 16.1. The highest BCUT2D eigenvalue weighted by Gasteiger charge is 2.01. The van der Waals surface area contributed by atoms with E-state index in [1.54, 1.807) is 0 Å². The van der Waals surface area contributed by atoms with Gasteiger partial charge in [-0.2, -0.15) is 0 Å². The molecule has 0 saturated carbocycles. The fourth-order valence-electron chi connectivity index (χ4n) is 4.78. The fourth-order valence-corrected chi connectivity index (χ4v) is 4.78. The van der Waals surface area contributed by atoms with Crippen LogP contribution in [-0.4, -0.2) is 12.6 Å². The summed E-state index contributed by atoms with van der Waals surface area (Å²) < 4.78 is 5.25. The van der Waals surface area contributed by atoms with Crippen molar-refractivity contribution < 1.29 is 9.53 Å². The Labute approximate surface area is 221 Å². The molecule has 0 rings (SSSR count). The Bertz CT molecular complexity index is 429. The number of esters is 1. The Kier molecular flexibility index (Phi) is 30.5. The minimum atomic E-state index is -0.0337. The van der Waals surface area contributed by atoms with Crippen molar-refractivity contribution in [3.05, 3.63) is 12.2 Å². The fraction of sp³-hybridized carbons (Fsp3) is 0.909. The molecule has 0 aromatic carbocycles. The predicted molar refractivity (Wildman–Crippen MR) is 156 cm³/mol. The van der Waals surface area contributed by atoms with Gasteiger partial charge in [-0.1, -0.05) is 180 Å². The van der Waals surface area contributed by atoms with E-state index in [4.69, 9.17) is 4.74 Å². The predicted octanol–water partition coefficient (Wildman–Crippen LogP) is 11.7. The van der Waals surface area contributed by atoms with Gasteiger partial charge in [0.2, 0.25) is 0 Å². The molecule has 0 N–H and O–H groups in total. The largest absolute Gasteiger partial charge is 0.461 e. The summed E-state index contributed by atoms with van der Waals surface area (Å²) >= 11 is 0. The maximum absolute atomic E-state index is 11.7. The van der Waals surface area contributed by atoms with Gasteiger partial charge in [0.15, 0.2) is 0 Å². The SMILES string of the molecule is CCCC/C=C/COC(=O)CCCCCCCCCCCCCCCCCCCCCCCCC. The van der Waals surface area contributed by atoms with Crippen LogP contribution < -0.4 is 0 Å². The molecule has 0 spiro atoms. The first-order valence-electron chi connectivity index (χ1n) is 16.1. The second-order valence-electron chi connectivity index (χ2n) is 10.8. The molecule has 208 valence electrons. The Hall–Kier alpha value is -0.790. The Morgan fingerprint density at radius 2 is 0.800 bits per heavy atom. The van der Waals surface area contributed by atoms with Gasteiger partial charge in [0, 0.05) is 6.42 Å². The molecule has 0 atom stereocenters. The third kappa shape index (κ3) is 31.2. The number of carbonyl (C=O) groups is 1. The lowest BCUT2D eigenvalue weighted by atomic mass is 10.0. The van der Waals surface area contributed by atoms with Crippen LogP contribution in [0.4, 0.5) is 0 Å². The summed E-state index contributed by atoms with van der Waals surface area (Å²) in [6.07, 6.45) is 40.3. The Morgan fingerprint density at radius 3 is 1.17 bits per heavy atom. The summed E-state index contributed by atoms with van der Waals surface area (Å²) in [5.74, 6) is -0.0337. The molecule has 0 unspecified atom stereocenters. The lowest BCUT2D eigenvalue weighted by Crippen LogP contribution is -2.03. The zero-order chi connectivity index (χ0) is 25.5. The van der Waals surface area contributed by atoms with E-state index in [0.29, 0.717) is 13.0 Å². The van der Waals surface area contributed by atoms with Crippen molar-refractivity contribution in [2.75, 3.05) is 6.61 Å². The van der Waals surface area contributed by atoms with Gasteiger partial charge in [-0.15, -0.1) is 0 Å². The van der Waals surface area contributed by atoms with Crippen molar-refractivity contribution in [3.8, 4) is 0 Å². The van der Waals surface area contributed by atoms with Crippen LogP contribution in [0.25, 0.3) is 0 Å². The van der Waals surface area contributed by atoms with Gasteiger partial charge in [-0.05, 0) is 12.8 Å². The molecule has 0 amide bonds. The van der Waals surface area contributed by atoms with Crippen LogP contribution in [0.2, 0.25) is 0 Å². The van der Waals surface area contributed by atoms with Gasteiger partial charge < -0.3 is 4.74 Å². The molecule has 0 saturated heterocycles. The van der Waals surface area contributed by atoms with Crippen molar-refractivity contribution in [1.29, 1.82) is 0 Å². The molecule has 0 bridgehead atoms. The van der Waals surface area contributed by atoms with E-state index in [1.165, 1.54) is 154 Å². The van der Waals surface area contributed by atoms with Crippen LogP contribution in [-0.2, 0) is 9.53 Å². The van der Waals surface area contributed by atoms with E-state index in [0.717, 1.165) is 12.8 Å². The first-order chi connectivity index (χ1) is 17.3. The van der Waals surface area contributed by atoms with Crippen LogP contribution in [0.3, 0.4) is 0 Å². The van der Waals surface area contributed by atoms with Crippen molar-refractivity contribution in [2.24, 2.45) is 0 Å². The average molecular weight is 493 g/mol. The monoisotopic (exact) mass is 492 g/mol. The molecule has 0 heterocycles. The highest BCUT2D eigenvalue weighted by atomic mass is 16.5. The van der Waals surface area contributed by atoms with Crippen LogP contribution in [0.15, 0.2) is 12.2 Å². The third-order valence-corrected chi connectivity index (χ3v) is 7.22. The third-order valence-electron chi connectivity index (χ3n) is 7.22. The molecule has 35 heavy (non-hydrogen) atoms. The van der Waals surface area contributed by atoms with Crippen LogP contribution in [0.1, 0.15) is 187 Å². The second-order valence-corrected chi connectivity index (χ2v) is 10.8. The number of ether oxygens (including phenoxy) is 1. The van der Waals surface area contributed by atoms with Crippen molar-refractivity contribution in [2.45, 2.75) is 187 Å². The van der Waals surface area contributed by atoms with E-state index < -0.39 is 0 Å². The Morgan fingerprint density at radius 1 is 0.457 bits per heavy atom. The number of carbonyl (C=O) groups excluding carboxylic acids is 1. The van der Waals surface area contributed by atoms with Crippen molar-refractivity contribution in [1.82, 2.24) is 0 Å². The molecule has 2 heteroatoms. The number of unbranched alkanes of at least 4 members (excludes halogenated alkanes) is 24. The van der Waals surface area contributed by atoms with E-state index in [2.05, 4.69) is 19.9 Å². The summed E-state index contributed by atoms with van der Waals surface area (Å²) in [7, 11) is 0. The molecule has 0 aliphatic heterocycles. The summed E-state index contributed by atoms with van der Waals surface area (Å²) in [4.78, 5) is 11.7. The number of allylic oxidation sites excluding steroid dienone is 1. The molecular weight excluding hydrogens is 428 g/mol. The molecular formula is C33H64O2. The van der Waals surface area contributed by atoms with Crippen molar-refractivity contribution >= 4 is 5.97 Å². The standard InChI is InChI=1S/C33H64O2/c1-3-5-7-9-10-11-12-13-14-15-16-17-18-19-20-21-22-23-24-25-26-27-29-31-33(34)35-32-30-28-8-6-4-2/h28,30H,3-27,29,31-32H2,1-2H3/b30-28+. The maximum Gasteiger partial charge on any atom is 0.306 e. The zero-order valence-corrected chi connectivity index (χ0v) is 24.3.